The summed E-state index contributed by atoms with van der Waals surface area (Å²) in [6.45, 7) is 3.19. The van der Waals surface area contributed by atoms with Gasteiger partial charge in [0, 0.05) is 10.3 Å². The molecule has 3 heterocycles. The molecule has 5 rings (SSSR count). The van der Waals surface area contributed by atoms with Crippen LogP contribution in [0.4, 0.5) is 4.79 Å². The van der Waals surface area contributed by atoms with Crippen molar-refractivity contribution in [3.8, 4) is 0 Å². The molecule has 4 amide bonds. The number of para-hydroxylation sites is 1. The second-order valence-corrected chi connectivity index (χ2v) is 9.50. The third-order valence-electron chi connectivity index (χ3n) is 6.04. The van der Waals surface area contributed by atoms with Crippen molar-refractivity contribution in [2.24, 2.45) is 0 Å². The Kier molecular flexibility index (Phi) is 5.45. The highest BCUT2D eigenvalue weighted by atomic mass is 32.1. The number of aryl methyl sites for hydroxylation is 1. The molecular formula is C26H23N3O4S. The fourth-order valence-corrected chi connectivity index (χ4v) is 4.92. The SMILES string of the molecule is Cc1ccc([C@H](NC(=O)CN2C(=O)N[C@@](C)(c3cc4ccccc4o3)C2=O)c2cccs2)cc1. The van der Waals surface area contributed by atoms with Gasteiger partial charge in [0.1, 0.15) is 17.9 Å². The molecule has 1 aliphatic heterocycles. The molecule has 1 aliphatic rings. The van der Waals surface area contributed by atoms with E-state index in [4.69, 9.17) is 4.42 Å². The van der Waals surface area contributed by atoms with Crippen LogP contribution in [-0.4, -0.2) is 29.3 Å². The zero-order valence-corrected chi connectivity index (χ0v) is 19.5. The van der Waals surface area contributed by atoms with E-state index in [1.54, 1.807) is 19.1 Å². The van der Waals surface area contributed by atoms with Crippen LogP contribution in [-0.2, 0) is 15.1 Å². The first-order valence-corrected chi connectivity index (χ1v) is 11.8. The normalized spacial score (nSPS) is 18.8. The van der Waals surface area contributed by atoms with Crippen molar-refractivity contribution < 1.29 is 18.8 Å². The number of urea groups is 1. The summed E-state index contributed by atoms with van der Waals surface area (Å²) in [7, 11) is 0. The fourth-order valence-electron chi connectivity index (χ4n) is 4.12. The number of rotatable bonds is 6. The summed E-state index contributed by atoms with van der Waals surface area (Å²) < 4.78 is 5.85. The zero-order chi connectivity index (χ0) is 23.9. The van der Waals surface area contributed by atoms with Gasteiger partial charge >= 0.3 is 6.03 Å². The molecule has 2 atom stereocenters. The van der Waals surface area contributed by atoms with E-state index in [2.05, 4.69) is 10.6 Å². The summed E-state index contributed by atoms with van der Waals surface area (Å²) in [4.78, 5) is 40.9. The number of hydrogen-bond acceptors (Lipinski definition) is 5. The van der Waals surface area contributed by atoms with E-state index in [0.29, 0.717) is 11.3 Å². The van der Waals surface area contributed by atoms with Gasteiger partial charge in [0.2, 0.25) is 5.91 Å². The lowest BCUT2D eigenvalue weighted by molar-refractivity contribution is -0.135. The molecular weight excluding hydrogens is 450 g/mol. The summed E-state index contributed by atoms with van der Waals surface area (Å²) in [5.74, 6) is -0.642. The number of hydrogen-bond donors (Lipinski definition) is 2. The van der Waals surface area contributed by atoms with Crippen molar-refractivity contribution >= 4 is 40.2 Å². The van der Waals surface area contributed by atoms with Gasteiger partial charge in [-0.1, -0.05) is 54.1 Å². The Bertz CT molecular complexity index is 1340. The van der Waals surface area contributed by atoms with Gasteiger partial charge < -0.3 is 15.1 Å². The van der Waals surface area contributed by atoms with E-state index >= 15 is 0 Å². The second kappa shape index (κ2) is 8.46. The molecule has 0 saturated carbocycles. The molecule has 0 aliphatic carbocycles. The van der Waals surface area contributed by atoms with Crippen molar-refractivity contribution in [1.82, 2.24) is 15.5 Å². The Morgan fingerprint density at radius 3 is 2.59 bits per heavy atom. The Morgan fingerprint density at radius 2 is 1.88 bits per heavy atom. The molecule has 1 fully saturated rings. The van der Waals surface area contributed by atoms with Crippen LogP contribution in [0.1, 0.15) is 34.7 Å². The number of nitrogens with one attached hydrogen (secondary N) is 2. The van der Waals surface area contributed by atoms with Crippen LogP contribution in [0.2, 0.25) is 0 Å². The quantitative estimate of drug-likeness (QED) is 0.404. The standard InChI is InChI=1S/C26H23N3O4S/c1-16-9-11-17(12-10-16)23(20-8-5-13-34-20)27-22(30)15-29-24(31)26(2,28-25(29)32)21-14-18-6-3-4-7-19(18)33-21/h3-14,23H,15H2,1-2H3,(H,27,30)(H,28,32)/t23-,26-/m0/s1. The zero-order valence-electron chi connectivity index (χ0n) is 18.7. The Balaban J connectivity index is 1.36. The number of carbonyl (C=O) groups is 3. The minimum atomic E-state index is -1.39. The average molecular weight is 474 g/mol. The maximum Gasteiger partial charge on any atom is 0.325 e. The highest BCUT2D eigenvalue weighted by Gasteiger charge is 2.51. The van der Waals surface area contributed by atoms with Gasteiger partial charge in [0.15, 0.2) is 5.54 Å². The van der Waals surface area contributed by atoms with E-state index in [-0.39, 0.29) is 6.04 Å². The van der Waals surface area contributed by atoms with Gasteiger partial charge in [0.25, 0.3) is 5.91 Å². The largest absolute Gasteiger partial charge is 0.458 e. The predicted molar refractivity (Wildman–Crippen MR) is 129 cm³/mol. The van der Waals surface area contributed by atoms with Gasteiger partial charge in [-0.25, -0.2) is 4.79 Å². The molecule has 0 bridgehead atoms. The van der Waals surface area contributed by atoms with Crippen LogP contribution in [0.3, 0.4) is 0 Å². The second-order valence-electron chi connectivity index (χ2n) is 8.52. The summed E-state index contributed by atoms with van der Waals surface area (Å²) in [5.41, 5.74) is 1.27. The minimum absolute atomic E-state index is 0.325. The van der Waals surface area contributed by atoms with E-state index in [1.807, 2.05) is 66.9 Å². The number of furan rings is 1. The van der Waals surface area contributed by atoms with Gasteiger partial charge in [-0.3, -0.25) is 14.5 Å². The number of carbonyl (C=O) groups excluding carboxylic acids is 3. The van der Waals surface area contributed by atoms with Gasteiger partial charge in [-0.15, -0.1) is 11.3 Å². The smallest absolute Gasteiger partial charge is 0.325 e. The molecule has 0 unspecified atom stereocenters. The number of amides is 4. The van der Waals surface area contributed by atoms with Crippen LogP contribution < -0.4 is 10.6 Å². The van der Waals surface area contributed by atoms with Crippen molar-refractivity contribution in [3.63, 3.8) is 0 Å². The number of fused-ring (bicyclic) bond motifs is 1. The first-order chi connectivity index (χ1) is 16.3. The van der Waals surface area contributed by atoms with Crippen LogP contribution in [0.25, 0.3) is 11.0 Å². The van der Waals surface area contributed by atoms with Crippen molar-refractivity contribution in [2.75, 3.05) is 6.54 Å². The number of nitrogens with zero attached hydrogens (tertiary/aromatic N) is 1. The molecule has 34 heavy (non-hydrogen) atoms. The van der Waals surface area contributed by atoms with Crippen LogP contribution in [0, 0.1) is 6.92 Å². The summed E-state index contributed by atoms with van der Waals surface area (Å²) in [6, 6.07) is 19.9. The third-order valence-corrected chi connectivity index (χ3v) is 6.98. The number of imide groups is 1. The third kappa shape index (κ3) is 3.86. The molecule has 2 aromatic heterocycles. The van der Waals surface area contributed by atoms with E-state index in [9.17, 15) is 14.4 Å². The van der Waals surface area contributed by atoms with Gasteiger partial charge in [-0.2, -0.15) is 0 Å². The number of benzene rings is 2. The molecule has 4 aromatic rings. The average Bonchev–Trinajstić information content (AvgIpc) is 3.55. The van der Waals surface area contributed by atoms with E-state index in [0.717, 1.165) is 26.3 Å². The maximum atomic E-state index is 13.3. The van der Waals surface area contributed by atoms with Crippen molar-refractivity contribution in [1.29, 1.82) is 0 Å². The summed E-state index contributed by atoms with van der Waals surface area (Å²) in [5, 5.41) is 8.45. The topological polar surface area (TPSA) is 91.7 Å². The Labute approximate surface area is 200 Å². The first kappa shape index (κ1) is 21.9. The van der Waals surface area contributed by atoms with Crippen molar-refractivity contribution in [2.45, 2.75) is 25.4 Å². The lowest BCUT2D eigenvalue weighted by Gasteiger charge is -2.21. The molecule has 2 aromatic carbocycles. The highest BCUT2D eigenvalue weighted by Crippen LogP contribution is 2.33. The molecule has 1 saturated heterocycles. The molecule has 0 spiro atoms. The van der Waals surface area contributed by atoms with Crippen LogP contribution in [0.5, 0.6) is 0 Å². The Morgan fingerprint density at radius 1 is 1.12 bits per heavy atom. The molecule has 2 N–H and O–H groups in total. The minimum Gasteiger partial charge on any atom is -0.458 e. The van der Waals surface area contributed by atoms with Crippen LogP contribution in [0.15, 0.2) is 76.5 Å². The molecule has 0 radical (unpaired) electrons. The van der Waals surface area contributed by atoms with Gasteiger partial charge in [0.05, 0.1) is 6.04 Å². The monoisotopic (exact) mass is 473 g/mol. The highest BCUT2D eigenvalue weighted by molar-refractivity contribution is 7.10. The predicted octanol–water partition coefficient (Wildman–Crippen LogP) is 4.48. The van der Waals surface area contributed by atoms with Crippen molar-refractivity contribution in [3.05, 3.63) is 93.9 Å². The molecule has 7 nitrogen and oxygen atoms in total. The fraction of sp³-hybridized carbons (Fsp3) is 0.192. The van der Waals surface area contributed by atoms with Crippen LogP contribution >= 0.6 is 11.3 Å². The summed E-state index contributed by atoms with van der Waals surface area (Å²) >= 11 is 1.53. The first-order valence-electron chi connectivity index (χ1n) is 10.9. The number of thiophene rings is 1. The van der Waals surface area contributed by atoms with E-state index in [1.165, 1.54) is 11.3 Å². The molecule has 172 valence electrons. The lowest BCUT2D eigenvalue weighted by Crippen LogP contribution is -2.43. The lowest BCUT2D eigenvalue weighted by atomic mass is 9.99. The summed E-state index contributed by atoms with van der Waals surface area (Å²) in [6.07, 6.45) is 0. The van der Waals surface area contributed by atoms with Gasteiger partial charge in [-0.05, 0) is 43.0 Å². The Hall–Kier alpha value is -3.91. The maximum absolute atomic E-state index is 13.3. The van der Waals surface area contributed by atoms with E-state index < -0.39 is 29.9 Å². The molecule has 8 heteroatoms.